The third-order valence-corrected chi connectivity index (χ3v) is 4.79. The number of rotatable bonds is 2. The molecule has 102 valence electrons. The Balaban J connectivity index is 2.01. The number of nitrogens with zero attached hydrogens (tertiary/aromatic N) is 1. The molecule has 1 amide bonds. The molecule has 0 aromatic heterocycles. The fourth-order valence-corrected chi connectivity index (χ4v) is 3.82. The number of thioether (sulfide) groups is 1. The smallest absolute Gasteiger partial charge is 0.238 e. The topological polar surface area (TPSA) is 20.3 Å². The molecule has 1 heterocycles. The molecule has 1 unspecified atom stereocenters. The fraction of sp³-hybridized carbons (Fsp3) is 0.133. The van der Waals surface area contributed by atoms with Gasteiger partial charge in [0, 0.05) is 10.2 Å². The van der Waals surface area contributed by atoms with Crippen LogP contribution in [0.4, 0.5) is 10.1 Å². The van der Waals surface area contributed by atoms with Crippen molar-refractivity contribution in [3.05, 3.63) is 64.4 Å². The number of carbonyl (C=O) groups is 1. The van der Waals surface area contributed by atoms with E-state index in [4.69, 9.17) is 0 Å². The molecule has 1 aliphatic heterocycles. The molecule has 20 heavy (non-hydrogen) atoms. The maximum absolute atomic E-state index is 13.4. The van der Waals surface area contributed by atoms with Crippen LogP contribution in [0, 0.1) is 5.82 Å². The fourth-order valence-electron chi connectivity index (χ4n) is 2.24. The van der Waals surface area contributed by atoms with Gasteiger partial charge in [-0.1, -0.05) is 34.1 Å². The highest BCUT2D eigenvalue weighted by Crippen LogP contribution is 2.42. The maximum atomic E-state index is 13.4. The zero-order chi connectivity index (χ0) is 14.1. The van der Waals surface area contributed by atoms with Crippen molar-refractivity contribution in [1.82, 2.24) is 0 Å². The summed E-state index contributed by atoms with van der Waals surface area (Å²) < 4.78 is 14.4. The number of hydrogen-bond acceptors (Lipinski definition) is 2. The largest absolute Gasteiger partial charge is 0.295 e. The van der Waals surface area contributed by atoms with Crippen molar-refractivity contribution in [3.8, 4) is 0 Å². The number of carbonyl (C=O) groups excluding carboxylic acids is 1. The summed E-state index contributed by atoms with van der Waals surface area (Å²) in [5, 5.41) is -0.109. The molecule has 1 fully saturated rings. The molecule has 0 bridgehead atoms. The first-order chi connectivity index (χ1) is 9.65. The molecule has 2 aromatic rings. The number of amides is 1. The summed E-state index contributed by atoms with van der Waals surface area (Å²) in [6.45, 7) is 0. The van der Waals surface area contributed by atoms with Gasteiger partial charge in [0.15, 0.2) is 0 Å². The van der Waals surface area contributed by atoms with Crippen molar-refractivity contribution in [2.24, 2.45) is 0 Å². The Morgan fingerprint density at radius 1 is 1.20 bits per heavy atom. The van der Waals surface area contributed by atoms with Gasteiger partial charge in [0.25, 0.3) is 0 Å². The van der Waals surface area contributed by atoms with Crippen molar-refractivity contribution < 1.29 is 9.18 Å². The lowest BCUT2D eigenvalue weighted by molar-refractivity contribution is -0.115. The van der Waals surface area contributed by atoms with Gasteiger partial charge in [0.1, 0.15) is 11.2 Å². The van der Waals surface area contributed by atoms with Crippen LogP contribution in [0.5, 0.6) is 0 Å². The highest BCUT2D eigenvalue weighted by atomic mass is 79.9. The summed E-state index contributed by atoms with van der Waals surface area (Å²) in [6, 6.07) is 14.0. The van der Waals surface area contributed by atoms with E-state index in [0.29, 0.717) is 11.4 Å². The molecule has 0 radical (unpaired) electrons. The Labute approximate surface area is 129 Å². The molecule has 2 aromatic carbocycles. The maximum Gasteiger partial charge on any atom is 0.238 e. The molecule has 0 aliphatic carbocycles. The second-order valence-electron chi connectivity index (χ2n) is 4.46. The summed E-state index contributed by atoms with van der Waals surface area (Å²) in [6.07, 6.45) is 0. The van der Waals surface area contributed by atoms with E-state index in [1.165, 1.54) is 12.1 Å². The Hall–Kier alpha value is -1.33. The first-order valence-corrected chi connectivity index (χ1v) is 7.94. The average Bonchev–Trinajstić information content (AvgIpc) is 2.80. The van der Waals surface area contributed by atoms with Crippen molar-refractivity contribution >= 4 is 39.3 Å². The van der Waals surface area contributed by atoms with Crippen LogP contribution in [-0.4, -0.2) is 11.7 Å². The van der Waals surface area contributed by atoms with E-state index in [-0.39, 0.29) is 17.1 Å². The van der Waals surface area contributed by atoms with Crippen LogP contribution >= 0.6 is 27.7 Å². The monoisotopic (exact) mass is 351 g/mol. The molecule has 0 spiro atoms. The van der Waals surface area contributed by atoms with Gasteiger partial charge in [-0.05, 0) is 35.9 Å². The van der Waals surface area contributed by atoms with Crippen LogP contribution in [0.3, 0.4) is 0 Å². The normalized spacial score (nSPS) is 18.6. The Morgan fingerprint density at radius 3 is 2.75 bits per heavy atom. The van der Waals surface area contributed by atoms with E-state index < -0.39 is 0 Å². The lowest BCUT2D eigenvalue weighted by atomic mass is 10.2. The standard InChI is InChI=1S/C15H11BrFNOS/c16-11-4-1-3-10(7-11)15-18(14(19)9-20-15)13-6-2-5-12(17)8-13/h1-8,15H,9H2. The van der Waals surface area contributed by atoms with Crippen LogP contribution in [0.2, 0.25) is 0 Å². The highest BCUT2D eigenvalue weighted by molar-refractivity contribution is 9.10. The van der Waals surface area contributed by atoms with Gasteiger partial charge in [0.2, 0.25) is 5.91 Å². The van der Waals surface area contributed by atoms with E-state index in [2.05, 4.69) is 15.9 Å². The molecule has 1 aliphatic rings. The molecule has 2 nitrogen and oxygen atoms in total. The minimum absolute atomic E-state index is 0.00516. The molecular weight excluding hydrogens is 341 g/mol. The number of benzene rings is 2. The van der Waals surface area contributed by atoms with Gasteiger partial charge in [-0.3, -0.25) is 9.69 Å². The van der Waals surface area contributed by atoms with Crippen molar-refractivity contribution in [2.45, 2.75) is 5.37 Å². The highest BCUT2D eigenvalue weighted by Gasteiger charge is 2.34. The SMILES string of the molecule is O=C1CSC(c2cccc(Br)c2)N1c1cccc(F)c1. The van der Waals surface area contributed by atoms with Crippen LogP contribution in [0.1, 0.15) is 10.9 Å². The molecule has 1 atom stereocenters. The third kappa shape index (κ3) is 2.60. The third-order valence-electron chi connectivity index (χ3n) is 3.09. The zero-order valence-corrected chi connectivity index (χ0v) is 12.8. The quantitative estimate of drug-likeness (QED) is 0.800. The van der Waals surface area contributed by atoms with E-state index in [1.54, 1.807) is 28.8 Å². The number of halogens is 2. The molecule has 0 saturated carbocycles. The van der Waals surface area contributed by atoms with E-state index in [9.17, 15) is 9.18 Å². The van der Waals surface area contributed by atoms with Crippen LogP contribution in [0.15, 0.2) is 53.0 Å². The van der Waals surface area contributed by atoms with E-state index in [1.807, 2.05) is 24.3 Å². The number of hydrogen-bond donors (Lipinski definition) is 0. The summed E-state index contributed by atoms with van der Waals surface area (Å²) >= 11 is 4.99. The molecule has 5 heteroatoms. The van der Waals surface area contributed by atoms with Crippen LogP contribution in [0.25, 0.3) is 0 Å². The van der Waals surface area contributed by atoms with Crippen LogP contribution < -0.4 is 4.90 Å². The van der Waals surface area contributed by atoms with Gasteiger partial charge in [0.05, 0.1) is 5.75 Å². The Bertz CT molecular complexity index is 664. The molecular formula is C15H11BrFNOS. The van der Waals surface area contributed by atoms with E-state index in [0.717, 1.165) is 10.0 Å². The van der Waals surface area contributed by atoms with Crippen molar-refractivity contribution in [1.29, 1.82) is 0 Å². The molecule has 1 saturated heterocycles. The molecule has 0 N–H and O–H groups in total. The predicted octanol–water partition coefficient (Wildman–Crippen LogP) is 4.37. The molecule has 3 rings (SSSR count). The summed E-state index contributed by atoms with van der Waals surface area (Å²) in [5.74, 6) is 0.0824. The van der Waals surface area contributed by atoms with Crippen molar-refractivity contribution in [3.63, 3.8) is 0 Å². The van der Waals surface area contributed by atoms with Gasteiger partial charge in [-0.25, -0.2) is 4.39 Å². The Kier molecular flexibility index (Phi) is 3.81. The predicted molar refractivity (Wildman–Crippen MR) is 83.2 cm³/mol. The summed E-state index contributed by atoms with van der Waals surface area (Å²) in [4.78, 5) is 13.8. The average molecular weight is 352 g/mol. The van der Waals surface area contributed by atoms with E-state index >= 15 is 0 Å². The van der Waals surface area contributed by atoms with Crippen LogP contribution in [-0.2, 0) is 4.79 Å². The first kappa shape index (κ1) is 13.6. The second kappa shape index (κ2) is 5.58. The van der Waals surface area contributed by atoms with Gasteiger partial charge < -0.3 is 0 Å². The minimum atomic E-state index is -0.333. The lowest BCUT2D eigenvalue weighted by Gasteiger charge is -2.24. The summed E-state index contributed by atoms with van der Waals surface area (Å²) in [5.41, 5.74) is 1.63. The first-order valence-electron chi connectivity index (χ1n) is 6.10. The van der Waals surface area contributed by atoms with Gasteiger partial charge in [-0.15, -0.1) is 11.8 Å². The van der Waals surface area contributed by atoms with Gasteiger partial charge >= 0.3 is 0 Å². The number of anilines is 1. The minimum Gasteiger partial charge on any atom is -0.295 e. The van der Waals surface area contributed by atoms with Gasteiger partial charge in [-0.2, -0.15) is 0 Å². The second-order valence-corrected chi connectivity index (χ2v) is 6.45. The lowest BCUT2D eigenvalue weighted by Crippen LogP contribution is -2.27. The zero-order valence-electron chi connectivity index (χ0n) is 10.4. The Morgan fingerprint density at radius 2 is 2.00 bits per heavy atom. The summed E-state index contributed by atoms with van der Waals surface area (Å²) in [7, 11) is 0. The van der Waals surface area contributed by atoms with Crippen molar-refractivity contribution in [2.75, 3.05) is 10.7 Å².